The monoisotopic (exact) mass is 463 g/mol. The first-order valence-corrected chi connectivity index (χ1v) is 10.9. The van der Waals surface area contributed by atoms with Crippen molar-refractivity contribution < 1.29 is 26.1 Å². The number of fused-ring (bicyclic) bond motifs is 1. The molecule has 0 unspecified atom stereocenters. The van der Waals surface area contributed by atoms with Gasteiger partial charge in [0.2, 0.25) is 0 Å². The summed E-state index contributed by atoms with van der Waals surface area (Å²) in [6.45, 7) is 1.78. The fourth-order valence-corrected chi connectivity index (χ4v) is 4.36. The van der Waals surface area contributed by atoms with E-state index in [9.17, 15) is 21.6 Å². The van der Waals surface area contributed by atoms with Crippen molar-refractivity contribution in [2.75, 3.05) is 0 Å². The number of nitrogens with zero attached hydrogens (tertiary/aromatic N) is 3. The molecule has 4 aromatic rings. The summed E-state index contributed by atoms with van der Waals surface area (Å²) in [5.74, 6) is 5.68. The quantitative estimate of drug-likeness (QED) is 0.351. The lowest BCUT2D eigenvalue weighted by molar-refractivity contribution is -0.137. The maximum absolute atomic E-state index is 12.8. The van der Waals surface area contributed by atoms with Crippen molar-refractivity contribution in [1.82, 2.24) is 14.6 Å². The van der Waals surface area contributed by atoms with Gasteiger partial charge >= 0.3 is 16.3 Å². The number of hydrogen-bond donors (Lipinski definition) is 1. The lowest BCUT2D eigenvalue weighted by atomic mass is 10.1. The van der Waals surface area contributed by atoms with E-state index in [1.54, 1.807) is 17.5 Å². The zero-order chi connectivity index (χ0) is 22.4. The van der Waals surface area contributed by atoms with Crippen LogP contribution >= 0.6 is 11.3 Å². The van der Waals surface area contributed by atoms with Gasteiger partial charge in [-0.1, -0.05) is 24.0 Å². The first-order valence-electron chi connectivity index (χ1n) is 8.65. The number of aryl methyl sites for hydroxylation is 1. The molecule has 0 aliphatic carbocycles. The van der Waals surface area contributed by atoms with E-state index in [0.717, 1.165) is 23.5 Å². The van der Waals surface area contributed by atoms with E-state index in [1.807, 2.05) is 0 Å². The molecule has 1 N–H and O–H groups in total. The fraction of sp³-hybridized carbons (Fsp3) is 0.100. The molecule has 0 aliphatic heterocycles. The summed E-state index contributed by atoms with van der Waals surface area (Å²) < 4.78 is 71.2. The van der Waals surface area contributed by atoms with E-state index in [0.29, 0.717) is 33.0 Å². The second-order valence-electron chi connectivity index (χ2n) is 6.50. The second kappa shape index (κ2) is 7.49. The average Bonchev–Trinajstić information content (AvgIpc) is 3.33. The van der Waals surface area contributed by atoms with Crippen molar-refractivity contribution in [2.45, 2.75) is 17.3 Å². The van der Waals surface area contributed by atoms with Crippen LogP contribution in [0.5, 0.6) is 0 Å². The molecule has 0 radical (unpaired) electrons. The zero-order valence-corrected chi connectivity index (χ0v) is 17.3. The smallest absolute Gasteiger partial charge is 0.281 e. The van der Waals surface area contributed by atoms with Gasteiger partial charge in [-0.25, -0.2) is 9.50 Å². The SMILES string of the molecule is Cc1cc(-c2ccc(C(F)(F)F)cc2)nc2c(C#Cc3ccc(S(=O)(=O)O)s3)cnn12. The Bertz CT molecular complexity index is 1460. The molecule has 0 bridgehead atoms. The zero-order valence-electron chi connectivity index (χ0n) is 15.7. The van der Waals surface area contributed by atoms with Crippen LogP contribution in [0.25, 0.3) is 16.9 Å². The molecule has 3 aromatic heterocycles. The van der Waals surface area contributed by atoms with E-state index in [4.69, 9.17) is 4.55 Å². The lowest BCUT2D eigenvalue weighted by Gasteiger charge is -2.08. The van der Waals surface area contributed by atoms with Crippen molar-refractivity contribution >= 4 is 27.1 Å². The van der Waals surface area contributed by atoms with Crippen LogP contribution in [-0.4, -0.2) is 27.6 Å². The number of halogens is 3. The van der Waals surface area contributed by atoms with E-state index < -0.39 is 21.9 Å². The molecule has 0 aliphatic rings. The van der Waals surface area contributed by atoms with E-state index >= 15 is 0 Å². The highest BCUT2D eigenvalue weighted by atomic mass is 32.3. The number of benzene rings is 1. The van der Waals surface area contributed by atoms with E-state index in [1.165, 1.54) is 30.5 Å². The summed E-state index contributed by atoms with van der Waals surface area (Å²) >= 11 is 0.822. The largest absolute Gasteiger partial charge is 0.416 e. The number of rotatable bonds is 2. The Hall–Kier alpha value is -3.20. The molecule has 11 heteroatoms. The van der Waals surface area contributed by atoms with Gasteiger partial charge in [0, 0.05) is 11.3 Å². The molecule has 158 valence electrons. The molecule has 4 rings (SSSR count). The summed E-state index contributed by atoms with van der Waals surface area (Å²) in [6.07, 6.45) is -2.92. The van der Waals surface area contributed by atoms with Crippen LogP contribution in [0.2, 0.25) is 0 Å². The highest BCUT2D eigenvalue weighted by Gasteiger charge is 2.30. The third-order valence-electron chi connectivity index (χ3n) is 4.31. The molecule has 3 heterocycles. The Kier molecular flexibility index (Phi) is 5.09. The Morgan fingerprint density at radius 2 is 1.81 bits per heavy atom. The van der Waals surface area contributed by atoms with Gasteiger partial charge in [0.15, 0.2) is 5.65 Å². The third kappa shape index (κ3) is 4.32. The van der Waals surface area contributed by atoms with Gasteiger partial charge in [0.25, 0.3) is 0 Å². The molecule has 31 heavy (non-hydrogen) atoms. The van der Waals surface area contributed by atoms with Gasteiger partial charge in [0.1, 0.15) is 4.21 Å². The van der Waals surface area contributed by atoms with Crippen LogP contribution in [-0.2, 0) is 16.3 Å². The molecule has 1 aromatic carbocycles. The topological polar surface area (TPSA) is 84.6 Å². The molecule has 0 atom stereocenters. The maximum atomic E-state index is 12.8. The first kappa shape index (κ1) is 21.0. The van der Waals surface area contributed by atoms with Crippen molar-refractivity contribution in [2.24, 2.45) is 0 Å². The van der Waals surface area contributed by atoms with Gasteiger partial charge in [-0.3, -0.25) is 4.55 Å². The van der Waals surface area contributed by atoms with Gasteiger partial charge in [-0.05, 0) is 37.3 Å². The van der Waals surface area contributed by atoms with Gasteiger partial charge < -0.3 is 0 Å². The second-order valence-corrected chi connectivity index (χ2v) is 9.23. The van der Waals surface area contributed by atoms with Crippen LogP contribution in [0, 0.1) is 18.8 Å². The van der Waals surface area contributed by atoms with Gasteiger partial charge in [-0.2, -0.15) is 26.7 Å². The minimum atomic E-state index is -4.42. The Morgan fingerprint density at radius 3 is 2.42 bits per heavy atom. The first-order chi connectivity index (χ1) is 14.5. The molecule has 0 saturated heterocycles. The normalized spacial score (nSPS) is 12.0. The minimum absolute atomic E-state index is 0.213. The summed E-state index contributed by atoms with van der Waals surface area (Å²) in [4.78, 5) is 4.92. The van der Waals surface area contributed by atoms with Crippen LogP contribution in [0.1, 0.15) is 21.7 Å². The predicted octanol–water partition coefficient (Wildman–Crippen LogP) is 4.43. The molecule has 6 nitrogen and oxygen atoms in total. The number of thiophene rings is 1. The van der Waals surface area contributed by atoms with Crippen molar-refractivity contribution in [3.8, 4) is 23.1 Å². The summed E-state index contributed by atoms with van der Waals surface area (Å²) in [5, 5.41) is 4.23. The molecular formula is C20H12F3N3O3S2. The number of alkyl halides is 3. The fourth-order valence-electron chi connectivity index (χ4n) is 2.83. The third-order valence-corrected chi connectivity index (χ3v) is 6.64. The predicted molar refractivity (Wildman–Crippen MR) is 108 cm³/mol. The summed E-state index contributed by atoms with van der Waals surface area (Å²) in [5.41, 5.74) is 1.80. The number of aromatic nitrogens is 3. The standard InChI is InChI=1S/C20H12F3N3O3S2/c1-12-10-17(13-2-5-15(6-3-13)20(21,22)23)25-19-14(11-24-26(12)19)4-7-16-8-9-18(30-16)31(27,28)29/h2-3,5-6,8-11H,1H3,(H,27,28,29). The highest BCUT2D eigenvalue weighted by Crippen LogP contribution is 2.31. The van der Waals surface area contributed by atoms with Crippen LogP contribution < -0.4 is 0 Å². The Morgan fingerprint density at radius 1 is 1.10 bits per heavy atom. The Balaban J connectivity index is 1.73. The highest BCUT2D eigenvalue weighted by molar-refractivity contribution is 7.88. The van der Waals surface area contributed by atoms with Crippen LogP contribution in [0.3, 0.4) is 0 Å². The van der Waals surface area contributed by atoms with Crippen molar-refractivity contribution in [1.29, 1.82) is 0 Å². The van der Waals surface area contributed by atoms with E-state index in [2.05, 4.69) is 21.9 Å². The lowest BCUT2D eigenvalue weighted by Crippen LogP contribution is -2.04. The summed E-state index contributed by atoms with van der Waals surface area (Å²) in [6, 6.07) is 9.13. The van der Waals surface area contributed by atoms with Crippen molar-refractivity contribution in [3.05, 3.63) is 70.4 Å². The molecule has 0 amide bonds. The van der Waals surface area contributed by atoms with Crippen molar-refractivity contribution in [3.63, 3.8) is 0 Å². The summed E-state index contributed by atoms with van der Waals surface area (Å²) in [7, 11) is -4.29. The average molecular weight is 463 g/mol. The molecular weight excluding hydrogens is 451 g/mol. The minimum Gasteiger partial charge on any atom is -0.281 e. The van der Waals surface area contributed by atoms with Crippen LogP contribution in [0.4, 0.5) is 13.2 Å². The van der Waals surface area contributed by atoms with Gasteiger partial charge in [0.05, 0.1) is 27.9 Å². The molecule has 0 fully saturated rings. The van der Waals surface area contributed by atoms with Crippen LogP contribution in [0.15, 0.2) is 52.9 Å². The molecule has 0 spiro atoms. The maximum Gasteiger partial charge on any atom is 0.416 e. The molecule has 0 saturated carbocycles. The number of hydrogen-bond acceptors (Lipinski definition) is 5. The van der Waals surface area contributed by atoms with E-state index in [-0.39, 0.29) is 4.21 Å². The van der Waals surface area contributed by atoms with Gasteiger partial charge in [-0.15, -0.1) is 11.3 Å². The Labute approximate surface area is 178 Å².